The first-order valence-electron chi connectivity index (χ1n) is 4.84. The Morgan fingerprint density at radius 2 is 2.00 bits per heavy atom. The first-order valence-corrected chi connectivity index (χ1v) is 5.89. The van der Waals surface area contributed by atoms with Gasteiger partial charge < -0.3 is 0 Å². The molecule has 0 saturated carbocycles. The number of carbonyl (C=O) groups excluding carboxylic acids is 1. The van der Waals surface area contributed by atoms with Gasteiger partial charge in [-0.3, -0.25) is 4.79 Å². The molecular weight excluding hydrogens is 168 g/mol. The van der Waals surface area contributed by atoms with Crippen molar-refractivity contribution in [3.05, 3.63) is 0 Å². The Labute approximate surface area is 80.3 Å². The van der Waals surface area contributed by atoms with Gasteiger partial charge in [-0.05, 0) is 25.5 Å². The lowest BCUT2D eigenvalue weighted by Gasteiger charge is -2.11. The summed E-state index contributed by atoms with van der Waals surface area (Å²) >= 11 is 1.82. The van der Waals surface area contributed by atoms with Gasteiger partial charge in [0, 0.05) is 0 Å². The summed E-state index contributed by atoms with van der Waals surface area (Å²) in [6.07, 6.45) is 4.61. The summed E-state index contributed by atoms with van der Waals surface area (Å²) in [5.74, 6) is 1.47. The lowest BCUT2D eigenvalue weighted by Crippen LogP contribution is -2.13. The second kappa shape index (κ2) is 7.66. The van der Waals surface area contributed by atoms with Crippen molar-refractivity contribution in [1.82, 2.24) is 0 Å². The van der Waals surface area contributed by atoms with Gasteiger partial charge in [-0.15, -0.1) is 0 Å². The molecule has 0 radical (unpaired) electrons. The van der Waals surface area contributed by atoms with Gasteiger partial charge in [-0.1, -0.05) is 26.7 Å². The zero-order chi connectivity index (χ0) is 9.40. The molecule has 0 spiro atoms. The zero-order valence-electron chi connectivity index (χ0n) is 8.43. The normalized spacial score (nSPS) is 12.9. The predicted octanol–water partition coefficient (Wildman–Crippen LogP) is 3.28. The minimum Gasteiger partial charge on any atom is -0.299 e. The van der Waals surface area contributed by atoms with Gasteiger partial charge in [-0.25, -0.2) is 0 Å². The molecule has 72 valence electrons. The maximum Gasteiger partial charge on any atom is 0.142 e. The maximum absolute atomic E-state index is 11.1. The van der Waals surface area contributed by atoms with E-state index in [-0.39, 0.29) is 5.25 Å². The van der Waals surface area contributed by atoms with Crippen LogP contribution in [0.3, 0.4) is 0 Å². The van der Waals surface area contributed by atoms with E-state index in [0.29, 0.717) is 5.78 Å². The third kappa shape index (κ3) is 5.64. The van der Waals surface area contributed by atoms with Crippen LogP contribution in [0.2, 0.25) is 0 Å². The second-order valence-electron chi connectivity index (χ2n) is 3.11. The van der Waals surface area contributed by atoms with Crippen LogP contribution in [0.15, 0.2) is 0 Å². The minimum atomic E-state index is 0.268. The van der Waals surface area contributed by atoms with Crippen molar-refractivity contribution in [2.75, 3.05) is 5.75 Å². The van der Waals surface area contributed by atoms with E-state index in [1.165, 1.54) is 19.3 Å². The van der Waals surface area contributed by atoms with E-state index >= 15 is 0 Å². The first kappa shape index (κ1) is 12.0. The van der Waals surface area contributed by atoms with Crippen molar-refractivity contribution in [2.24, 2.45) is 0 Å². The van der Waals surface area contributed by atoms with Crippen LogP contribution < -0.4 is 0 Å². The molecule has 1 unspecified atom stereocenters. The molecule has 0 saturated heterocycles. The van der Waals surface area contributed by atoms with Gasteiger partial charge in [0.05, 0.1) is 5.25 Å². The Morgan fingerprint density at radius 1 is 1.33 bits per heavy atom. The standard InChI is InChI=1S/C10H20OS/c1-4-6-7-10(9(3)11)12-8-5-2/h10H,4-8H2,1-3H3. The average Bonchev–Trinajstić information content (AvgIpc) is 2.04. The fourth-order valence-corrected chi connectivity index (χ4v) is 2.14. The Morgan fingerprint density at radius 3 is 2.42 bits per heavy atom. The summed E-state index contributed by atoms with van der Waals surface area (Å²) in [4.78, 5) is 11.1. The van der Waals surface area contributed by atoms with Crippen LogP contribution in [-0.2, 0) is 4.79 Å². The fourth-order valence-electron chi connectivity index (χ4n) is 1.05. The topological polar surface area (TPSA) is 17.1 Å². The molecule has 0 fully saturated rings. The Kier molecular flexibility index (Phi) is 7.67. The van der Waals surface area contributed by atoms with Crippen LogP contribution in [0.1, 0.15) is 46.5 Å². The molecule has 0 amide bonds. The number of carbonyl (C=O) groups is 1. The van der Waals surface area contributed by atoms with Crippen LogP contribution in [0.25, 0.3) is 0 Å². The lowest BCUT2D eigenvalue weighted by atomic mass is 10.1. The average molecular weight is 188 g/mol. The molecule has 0 aliphatic carbocycles. The highest BCUT2D eigenvalue weighted by atomic mass is 32.2. The summed E-state index contributed by atoms with van der Waals surface area (Å²) in [7, 11) is 0. The van der Waals surface area contributed by atoms with Crippen LogP contribution in [0.5, 0.6) is 0 Å². The Balaban J connectivity index is 3.62. The number of Topliss-reactive ketones (excluding diaryl/α,β-unsaturated/α-hetero) is 1. The summed E-state index contributed by atoms with van der Waals surface area (Å²) in [5.41, 5.74) is 0. The highest BCUT2D eigenvalue weighted by molar-refractivity contribution is 8.00. The molecule has 2 heteroatoms. The molecule has 0 N–H and O–H groups in total. The summed E-state index contributed by atoms with van der Waals surface area (Å²) in [5, 5.41) is 0.268. The summed E-state index contributed by atoms with van der Waals surface area (Å²) in [6.45, 7) is 6.04. The lowest BCUT2D eigenvalue weighted by molar-refractivity contribution is -0.116. The second-order valence-corrected chi connectivity index (χ2v) is 4.42. The van der Waals surface area contributed by atoms with Crippen LogP contribution >= 0.6 is 11.8 Å². The van der Waals surface area contributed by atoms with Crippen molar-refractivity contribution < 1.29 is 4.79 Å². The molecule has 0 rings (SSSR count). The van der Waals surface area contributed by atoms with E-state index in [9.17, 15) is 4.79 Å². The number of thioether (sulfide) groups is 1. The highest BCUT2D eigenvalue weighted by Gasteiger charge is 2.12. The van der Waals surface area contributed by atoms with E-state index in [2.05, 4.69) is 13.8 Å². The van der Waals surface area contributed by atoms with Crippen LogP contribution in [-0.4, -0.2) is 16.8 Å². The molecule has 0 aromatic rings. The monoisotopic (exact) mass is 188 g/mol. The Hall–Kier alpha value is 0.0200. The molecule has 0 aliphatic rings. The molecule has 1 nitrogen and oxygen atoms in total. The van der Waals surface area contributed by atoms with Gasteiger partial charge in [0.25, 0.3) is 0 Å². The van der Waals surface area contributed by atoms with Crippen molar-refractivity contribution in [3.63, 3.8) is 0 Å². The van der Waals surface area contributed by atoms with Crippen molar-refractivity contribution >= 4 is 17.5 Å². The zero-order valence-corrected chi connectivity index (χ0v) is 9.25. The molecule has 0 aromatic carbocycles. The van der Waals surface area contributed by atoms with Crippen LogP contribution in [0, 0.1) is 0 Å². The minimum absolute atomic E-state index is 0.268. The highest BCUT2D eigenvalue weighted by Crippen LogP contribution is 2.18. The number of hydrogen-bond acceptors (Lipinski definition) is 2. The van der Waals surface area contributed by atoms with E-state index in [1.807, 2.05) is 11.8 Å². The summed E-state index contributed by atoms with van der Waals surface area (Å²) in [6, 6.07) is 0. The van der Waals surface area contributed by atoms with Crippen molar-refractivity contribution in [1.29, 1.82) is 0 Å². The van der Waals surface area contributed by atoms with Crippen LogP contribution in [0.4, 0.5) is 0 Å². The molecule has 0 heterocycles. The van der Waals surface area contributed by atoms with E-state index in [4.69, 9.17) is 0 Å². The first-order chi connectivity index (χ1) is 5.72. The van der Waals surface area contributed by atoms with E-state index in [1.54, 1.807) is 6.92 Å². The fraction of sp³-hybridized carbons (Fsp3) is 0.900. The van der Waals surface area contributed by atoms with Gasteiger partial charge in [0.15, 0.2) is 0 Å². The number of hydrogen-bond donors (Lipinski definition) is 0. The predicted molar refractivity (Wildman–Crippen MR) is 56.7 cm³/mol. The van der Waals surface area contributed by atoms with Crippen molar-refractivity contribution in [2.45, 2.75) is 51.7 Å². The molecular formula is C10H20OS. The third-order valence-corrected chi connectivity index (χ3v) is 3.41. The van der Waals surface area contributed by atoms with E-state index < -0.39 is 0 Å². The van der Waals surface area contributed by atoms with Gasteiger partial charge in [0.2, 0.25) is 0 Å². The smallest absolute Gasteiger partial charge is 0.142 e. The number of ketones is 1. The molecule has 0 bridgehead atoms. The summed E-state index contributed by atoms with van der Waals surface area (Å²) < 4.78 is 0. The van der Waals surface area contributed by atoms with Gasteiger partial charge in [0.1, 0.15) is 5.78 Å². The molecule has 0 aromatic heterocycles. The van der Waals surface area contributed by atoms with E-state index in [0.717, 1.165) is 12.2 Å². The largest absolute Gasteiger partial charge is 0.299 e. The van der Waals surface area contributed by atoms with Crippen molar-refractivity contribution in [3.8, 4) is 0 Å². The van der Waals surface area contributed by atoms with Gasteiger partial charge >= 0.3 is 0 Å². The van der Waals surface area contributed by atoms with Gasteiger partial charge in [-0.2, -0.15) is 11.8 Å². The Bertz CT molecular complexity index is 115. The number of rotatable bonds is 7. The third-order valence-electron chi connectivity index (χ3n) is 1.80. The SMILES string of the molecule is CCCCC(SCCC)C(C)=O. The number of unbranched alkanes of at least 4 members (excludes halogenated alkanes) is 1. The molecule has 1 atom stereocenters. The maximum atomic E-state index is 11.1. The molecule has 0 aliphatic heterocycles. The molecule has 12 heavy (non-hydrogen) atoms. The quantitative estimate of drug-likeness (QED) is 0.610.